The number of nitrogens with two attached hydrogens (primary N) is 1. The Morgan fingerprint density at radius 3 is 2.31 bits per heavy atom. The molecule has 2 aromatic rings. The first-order chi connectivity index (χ1) is 12.5. The minimum Gasteiger partial charge on any atom is -0.497 e. The van der Waals surface area contributed by atoms with Crippen LogP contribution in [0.4, 0.5) is 0 Å². The summed E-state index contributed by atoms with van der Waals surface area (Å²) in [6, 6.07) is 17.9. The fourth-order valence-electron chi connectivity index (χ4n) is 3.67. The summed E-state index contributed by atoms with van der Waals surface area (Å²) < 4.78 is 5.21. The van der Waals surface area contributed by atoms with E-state index in [9.17, 15) is 4.79 Å². The molecule has 0 radical (unpaired) electrons. The Morgan fingerprint density at radius 2 is 1.73 bits per heavy atom. The van der Waals surface area contributed by atoms with Crippen LogP contribution in [0.2, 0.25) is 0 Å². The number of carbonyl (C=O) groups excluding carboxylic acids is 1. The molecule has 1 aliphatic heterocycles. The fourth-order valence-corrected chi connectivity index (χ4v) is 3.67. The largest absolute Gasteiger partial charge is 0.497 e. The van der Waals surface area contributed by atoms with Gasteiger partial charge in [-0.25, -0.2) is 0 Å². The molecule has 3 rings (SSSR count). The first-order valence-corrected chi connectivity index (χ1v) is 9.27. The minimum atomic E-state index is -0.968. The molecule has 1 fully saturated rings. The van der Waals surface area contributed by atoms with E-state index in [1.807, 2.05) is 54.3 Å². The molecule has 0 aliphatic carbocycles. The second kappa shape index (κ2) is 7.92. The summed E-state index contributed by atoms with van der Waals surface area (Å²) in [5.41, 5.74) is 7.62. The molecule has 2 aromatic carbocycles. The van der Waals surface area contributed by atoms with E-state index in [0.29, 0.717) is 5.92 Å². The molecule has 26 heavy (non-hydrogen) atoms. The van der Waals surface area contributed by atoms with Gasteiger partial charge in [0.1, 0.15) is 11.3 Å². The molecule has 2 N–H and O–H groups in total. The van der Waals surface area contributed by atoms with Crippen molar-refractivity contribution in [3.8, 4) is 5.75 Å². The van der Waals surface area contributed by atoms with Gasteiger partial charge in [0.15, 0.2) is 0 Å². The van der Waals surface area contributed by atoms with Gasteiger partial charge < -0.3 is 15.4 Å². The highest BCUT2D eigenvalue weighted by molar-refractivity contribution is 5.87. The van der Waals surface area contributed by atoms with Crippen LogP contribution in [-0.4, -0.2) is 31.0 Å². The van der Waals surface area contributed by atoms with Crippen LogP contribution in [0.5, 0.6) is 5.75 Å². The van der Waals surface area contributed by atoms with E-state index in [-0.39, 0.29) is 5.91 Å². The first kappa shape index (κ1) is 18.5. The molecule has 4 heteroatoms. The second-order valence-electron chi connectivity index (χ2n) is 7.36. The highest BCUT2D eigenvalue weighted by Gasteiger charge is 2.35. The van der Waals surface area contributed by atoms with E-state index < -0.39 is 5.54 Å². The third kappa shape index (κ3) is 4.07. The number of methoxy groups -OCH3 is 1. The molecular weight excluding hydrogens is 324 g/mol. The van der Waals surface area contributed by atoms with Crippen molar-refractivity contribution in [3.05, 3.63) is 65.7 Å². The maximum atomic E-state index is 12.9. The van der Waals surface area contributed by atoms with Crippen molar-refractivity contribution in [1.82, 2.24) is 4.90 Å². The van der Waals surface area contributed by atoms with Gasteiger partial charge in [-0.05, 0) is 55.4 Å². The molecule has 1 amide bonds. The van der Waals surface area contributed by atoms with Crippen molar-refractivity contribution in [2.75, 3.05) is 20.2 Å². The van der Waals surface area contributed by atoms with E-state index in [4.69, 9.17) is 10.5 Å². The summed E-state index contributed by atoms with van der Waals surface area (Å²) in [6.45, 7) is 3.37. The molecule has 1 atom stereocenters. The lowest BCUT2D eigenvalue weighted by molar-refractivity contribution is -0.138. The molecule has 0 saturated carbocycles. The molecule has 0 spiro atoms. The average Bonchev–Trinajstić information content (AvgIpc) is 2.69. The zero-order chi connectivity index (χ0) is 18.6. The van der Waals surface area contributed by atoms with Crippen LogP contribution in [0.15, 0.2) is 54.6 Å². The Hall–Kier alpha value is -2.33. The lowest BCUT2D eigenvalue weighted by Crippen LogP contribution is -2.53. The van der Waals surface area contributed by atoms with Gasteiger partial charge >= 0.3 is 0 Å². The predicted octanol–water partition coefficient (Wildman–Crippen LogP) is 3.35. The Labute approximate surface area is 156 Å². The fraction of sp³-hybridized carbons (Fsp3) is 0.409. The van der Waals surface area contributed by atoms with Gasteiger partial charge in [0.2, 0.25) is 5.91 Å². The van der Waals surface area contributed by atoms with Crippen LogP contribution in [0.3, 0.4) is 0 Å². The maximum absolute atomic E-state index is 12.9. The molecular formula is C22H28N2O2. The van der Waals surface area contributed by atoms with Crippen molar-refractivity contribution in [2.45, 2.75) is 31.7 Å². The number of carbonyl (C=O) groups is 1. The van der Waals surface area contributed by atoms with Crippen LogP contribution in [-0.2, 0) is 16.8 Å². The number of nitrogens with zero attached hydrogens (tertiary/aromatic N) is 1. The van der Waals surface area contributed by atoms with Crippen LogP contribution >= 0.6 is 0 Å². The number of ether oxygens (including phenoxy) is 1. The third-order valence-corrected chi connectivity index (χ3v) is 5.40. The molecule has 4 nitrogen and oxygen atoms in total. The highest BCUT2D eigenvalue weighted by atomic mass is 16.5. The van der Waals surface area contributed by atoms with E-state index >= 15 is 0 Å². The van der Waals surface area contributed by atoms with Gasteiger partial charge in [-0.3, -0.25) is 4.79 Å². The predicted molar refractivity (Wildman–Crippen MR) is 104 cm³/mol. The van der Waals surface area contributed by atoms with E-state index in [0.717, 1.165) is 43.7 Å². The van der Waals surface area contributed by atoms with Gasteiger partial charge in [-0.2, -0.15) is 0 Å². The van der Waals surface area contributed by atoms with E-state index in [2.05, 4.69) is 12.1 Å². The molecule has 0 bridgehead atoms. The lowest BCUT2D eigenvalue weighted by Gasteiger charge is -2.37. The van der Waals surface area contributed by atoms with Crippen LogP contribution < -0.4 is 10.5 Å². The van der Waals surface area contributed by atoms with Crippen LogP contribution in [0.25, 0.3) is 0 Å². The summed E-state index contributed by atoms with van der Waals surface area (Å²) >= 11 is 0. The Morgan fingerprint density at radius 1 is 1.12 bits per heavy atom. The number of rotatable bonds is 5. The van der Waals surface area contributed by atoms with Crippen molar-refractivity contribution >= 4 is 5.91 Å². The highest BCUT2D eigenvalue weighted by Crippen LogP contribution is 2.26. The summed E-state index contributed by atoms with van der Waals surface area (Å²) in [7, 11) is 1.68. The quantitative estimate of drug-likeness (QED) is 0.898. The third-order valence-electron chi connectivity index (χ3n) is 5.40. The zero-order valence-electron chi connectivity index (χ0n) is 15.7. The lowest BCUT2D eigenvalue weighted by atomic mass is 9.87. The van der Waals surface area contributed by atoms with Gasteiger partial charge in [-0.1, -0.05) is 42.5 Å². The summed E-state index contributed by atoms with van der Waals surface area (Å²) in [6.07, 6.45) is 3.08. The van der Waals surface area contributed by atoms with Crippen LogP contribution in [0, 0.1) is 5.92 Å². The monoisotopic (exact) mass is 352 g/mol. The topological polar surface area (TPSA) is 55.6 Å². The number of amides is 1. The van der Waals surface area contributed by atoms with Gasteiger partial charge in [0.05, 0.1) is 7.11 Å². The maximum Gasteiger partial charge on any atom is 0.246 e. The SMILES string of the molecule is COc1ccc(CC2CCN(C(=O)C(C)(N)c3ccccc3)CC2)cc1. The molecule has 1 heterocycles. The molecule has 1 saturated heterocycles. The van der Waals surface area contributed by atoms with Crippen molar-refractivity contribution in [2.24, 2.45) is 11.7 Å². The van der Waals surface area contributed by atoms with Crippen molar-refractivity contribution < 1.29 is 9.53 Å². The van der Waals surface area contributed by atoms with Crippen LogP contribution in [0.1, 0.15) is 30.9 Å². The minimum absolute atomic E-state index is 0.0200. The normalized spacial score (nSPS) is 17.6. The molecule has 1 unspecified atom stereocenters. The van der Waals surface area contributed by atoms with Gasteiger partial charge in [0.25, 0.3) is 0 Å². The summed E-state index contributed by atoms with van der Waals surface area (Å²) in [4.78, 5) is 14.9. The van der Waals surface area contributed by atoms with E-state index in [1.165, 1.54) is 5.56 Å². The zero-order valence-corrected chi connectivity index (χ0v) is 15.7. The summed E-state index contributed by atoms with van der Waals surface area (Å²) in [5.74, 6) is 1.51. The number of benzene rings is 2. The first-order valence-electron chi connectivity index (χ1n) is 9.27. The van der Waals surface area contributed by atoms with E-state index in [1.54, 1.807) is 7.11 Å². The number of likely N-dealkylation sites (tertiary alicyclic amines) is 1. The van der Waals surface area contributed by atoms with Gasteiger partial charge in [0, 0.05) is 13.1 Å². The molecule has 0 aromatic heterocycles. The average molecular weight is 352 g/mol. The van der Waals surface area contributed by atoms with Crippen molar-refractivity contribution in [3.63, 3.8) is 0 Å². The standard InChI is InChI=1S/C22H28N2O2/c1-22(23,19-6-4-3-5-7-19)21(25)24-14-12-18(13-15-24)16-17-8-10-20(26-2)11-9-17/h3-11,18H,12-16,23H2,1-2H3. The number of hydrogen-bond donors (Lipinski definition) is 1. The Bertz CT molecular complexity index is 718. The Kier molecular flexibility index (Phi) is 5.62. The molecule has 1 aliphatic rings. The second-order valence-corrected chi connectivity index (χ2v) is 7.36. The number of hydrogen-bond acceptors (Lipinski definition) is 3. The number of piperidine rings is 1. The Balaban J connectivity index is 1.56. The van der Waals surface area contributed by atoms with Gasteiger partial charge in [-0.15, -0.1) is 0 Å². The summed E-state index contributed by atoms with van der Waals surface area (Å²) in [5, 5.41) is 0. The smallest absolute Gasteiger partial charge is 0.246 e. The van der Waals surface area contributed by atoms with Crippen molar-refractivity contribution in [1.29, 1.82) is 0 Å². The molecule has 138 valence electrons.